The Labute approximate surface area is 98.7 Å². The van der Waals surface area contributed by atoms with Crippen LogP contribution in [0.25, 0.3) is 11.5 Å². The average molecular weight is 226 g/mol. The van der Waals surface area contributed by atoms with Crippen LogP contribution in [0.4, 0.5) is 0 Å². The number of carbonyl (C=O) groups is 1. The van der Waals surface area contributed by atoms with Gasteiger partial charge in [-0.05, 0) is 12.1 Å². The normalized spacial score (nSPS) is 9.59. The van der Waals surface area contributed by atoms with Gasteiger partial charge in [0.15, 0.2) is 5.69 Å². The van der Waals surface area contributed by atoms with E-state index in [0.717, 1.165) is 5.56 Å². The van der Waals surface area contributed by atoms with E-state index in [2.05, 4.69) is 16.2 Å². The molecule has 4 heteroatoms. The van der Waals surface area contributed by atoms with Crippen LogP contribution >= 0.6 is 0 Å². The molecule has 2 aromatic rings. The molecule has 0 atom stereocenters. The summed E-state index contributed by atoms with van der Waals surface area (Å²) in [5.41, 5.74) is 1.04. The second-order valence-electron chi connectivity index (χ2n) is 3.29. The highest BCUT2D eigenvalue weighted by Crippen LogP contribution is 2.17. The van der Waals surface area contributed by atoms with Crippen molar-refractivity contribution in [2.45, 2.75) is 0 Å². The third-order valence-electron chi connectivity index (χ3n) is 2.11. The number of nitrogens with one attached hydrogen (secondary N) is 1. The number of nitrogens with zero attached hydrogens (tertiary/aromatic N) is 1. The van der Waals surface area contributed by atoms with Crippen molar-refractivity contribution in [1.29, 1.82) is 0 Å². The lowest BCUT2D eigenvalue weighted by molar-refractivity contribution is 0.0954. The Balaban J connectivity index is 2.17. The molecule has 17 heavy (non-hydrogen) atoms. The minimum atomic E-state index is -0.339. The van der Waals surface area contributed by atoms with Crippen molar-refractivity contribution in [3.8, 4) is 23.8 Å². The molecular weight excluding hydrogens is 216 g/mol. The number of aromatic nitrogens is 1. The molecule has 1 aromatic carbocycles. The SMILES string of the molecule is C#CCNC(=O)c1coc(-c2ccccc2)n1. The molecule has 2 rings (SSSR count). The number of terminal acetylenes is 1. The third kappa shape index (κ3) is 2.52. The summed E-state index contributed by atoms with van der Waals surface area (Å²) in [5, 5.41) is 2.52. The topological polar surface area (TPSA) is 55.1 Å². The monoisotopic (exact) mass is 226 g/mol. The van der Waals surface area contributed by atoms with E-state index in [1.807, 2.05) is 30.3 Å². The molecule has 0 saturated heterocycles. The molecular formula is C13H10N2O2. The summed E-state index contributed by atoms with van der Waals surface area (Å²) in [5.74, 6) is 2.39. The summed E-state index contributed by atoms with van der Waals surface area (Å²) < 4.78 is 5.23. The number of hydrogen-bond acceptors (Lipinski definition) is 3. The van der Waals surface area contributed by atoms with Gasteiger partial charge in [-0.3, -0.25) is 4.79 Å². The standard InChI is InChI=1S/C13H10N2O2/c1-2-8-14-12(16)11-9-17-13(15-11)10-6-4-3-5-7-10/h1,3-7,9H,8H2,(H,14,16). The predicted octanol–water partition coefficient (Wildman–Crippen LogP) is 1.70. The third-order valence-corrected chi connectivity index (χ3v) is 2.11. The van der Waals surface area contributed by atoms with Crippen LogP contribution < -0.4 is 5.32 Å². The van der Waals surface area contributed by atoms with Gasteiger partial charge in [-0.2, -0.15) is 0 Å². The number of amides is 1. The van der Waals surface area contributed by atoms with Gasteiger partial charge in [-0.15, -0.1) is 6.42 Å². The van der Waals surface area contributed by atoms with Crippen LogP contribution in [0.5, 0.6) is 0 Å². The number of benzene rings is 1. The van der Waals surface area contributed by atoms with Gasteiger partial charge in [0.05, 0.1) is 6.54 Å². The van der Waals surface area contributed by atoms with E-state index < -0.39 is 0 Å². The summed E-state index contributed by atoms with van der Waals surface area (Å²) in [6.07, 6.45) is 6.36. The van der Waals surface area contributed by atoms with Gasteiger partial charge in [-0.25, -0.2) is 4.98 Å². The maximum absolute atomic E-state index is 11.5. The Bertz CT molecular complexity index is 552. The molecule has 0 aliphatic heterocycles. The van der Waals surface area contributed by atoms with Gasteiger partial charge in [0.25, 0.3) is 5.91 Å². The van der Waals surface area contributed by atoms with Gasteiger partial charge in [-0.1, -0.05) is 24.1 Å². The first-order valence-electron chi connectivity index (χ1n) is 5.04. The summed E-state index contributed by atoms with van der Waals surface area (Å²) >= 11 is 0. The zero-order valence-electron chi connectivity index (χ0n) is 9.01. The summed E-state index contributed by atoms with van der Waals surface area (Å²) in [6, 6.07) is 9.35. The fourth-order valence-electron chi connectivity index (χ4n) is 1.31. The maximum Gasteiger partial charge on any atom is 0.274 e. The van der Waals surface area contributed by atoms with Crippen LogP contribution in [0, 0.1) is 12.3 Å². The first kappa shape index (κ1) is 11.0. The predicted molar refractivity (Wildman–Crippen MR) is 63.1 cm³/mol. The van der Waals surface area contributed by atoms with Crippen molar-refractivity contribution in [2.24, 2.45) is 0 Å². The van der Waals surface area contributed by atoms with E-state index >= 15 is 0 Å². The molecule has 0 radical (unpaired) electrons. The molecule has 84 valence electrons. The molecule has 0 unspecified atom stereocenters. The maximum atomic E-state index is 11.5. The number of rotatable bonds is 3. The minimum Gasteiger partial charge on any atom is -0.444 e. The largest absolute Gasteiger partial charge is 0.444 e. The molecule has 0 spiro atoms. The fourth-order valence-corrected chi connectivity index (χ4v) is 1.31. The summed E-state index contributed by atoms with van der Waals surface area (Å²) in [7, 11) is 0. The first-order chi connectivity index (χ1) is 8.31. The van der Waals surface area contributed by atoms with E-state index in [1.54, 1.807) is 0 Å². The number of hydrogen-bond donors (Lipinski definition) is 1. The Morgan fingerprint density at radius 1 is 1.41 bits per heavy atom. The highest BCUT2D eigenvalue weighted by atomic mass is 16.3. The minimum absolute atomic E-state index is 0.173. The Morgan fingerprint density at radius 3 is 2.88 bits per heavy atom. The fraction of sp³-hybridized carbons (Fsp3) is 0.0769. The summed E-state index contributed by atoms with van der Waals surface area (Å²) in [4.78, 5) is 15.6. The average Bonchev–Trinajstić information content (AvgIpc) is 2.86. The van der Waals surface area contributed by atoms with Crippen LogP contribution in [0.1, 0.15) is 10.5 Å². The van der Waals surface area contributed by atoms with Gasteiger partial charge in [0, 0.05) is 5.56 Å². The molecule has 0 bridgehead atoms. The molecule has 1 aromatic heterocycles. The van der Waals surface area contributed by atoms with Gasteiger partial charge < -0.3 is 9.73 Å². The first-order valence-corrected chi connectivity index (χ1v) is 5.04. The van der Waals surface area contributed by atoms with E-state index in [4.69, 9.17) is 10.8 Å². The zero-order chi connectivity index (χ0) is 12.1. The van der Waals surface area contributed by atoms with E-state index in [-0.39, 0.29) is 18.1 Å². The lowest BCUT2D eigenvalue weighted by Crippen LogP contribution is -2.23. The van der Waals surface area contributed by atoms with Crippen molar-refractivity contribution in [3.05, 3.63) is 42.3 Å². The van der Waals surface area contributed by atoms with Gasteiger partial charge >= 0.3 is 0 Å². The lowest BCUT2D eigenvalue weighted by Gasteiger charge is -1.95. The van der Waals surface area contributed by atoms with Crippen molar-refractivity contribution in [3.63, 3.8) is 0 Å². The summed E-state index contributed by atoms with van der Waals surface area (Å²) in [6.45, 7) is 0.173. The van der Waals surface area contributed by atoms with Crippen LogP contribution in [0.15, 0.2) is 41.0 Å². The molecule has 1 heterocycles. The Kier molecular flexibility index (Phi) is 3.22. The number of oxazole rings is 1. The molecule has 4 nitrogen and oxygen atoms in total. The van der Waals surface area contributed by atoms with Crippen LogP contribution in [0.2, 0.25) is 0 Å². The van der Waals surface area contributed by atoms with Crippen molar-refractivity contribution < 1.29 is 9.21 Å². The second-order valence-corrected chi connectivity index (χ2v) is 3.29. The highest BCUT2D eigenvalue weighted by molar-refractivity contribution is 5.92. The van der Waals surface area contributed by atoms with Gasteiger partial charge in [0.1, 0.15) is 6.26 Å². The quantitative estimate of drug-likeness (QED) is 0.810. The highest BCUT2D eigenvalue weighted by Gasteiger charge is 2.12. The van der Waals surface area contributed by atoms with E-state index in [1.165, 1.54) is 6.26 Å². The lowest BCUT2D eigenvalue weighted by atomic mass is 10.2. The van der Waals surface area contributed by atoms with Crippen LogP contribution in [-0.2, 0) is 0 Å². The molecule has 1 N–H and O–H groups in total. The smallest absolute Gasteiger partial charge is 0.274 e. The Morgan fingerprint density at radius 2 is 2.18 bits per heavy atom. The Hall–Kier alpha value is -2.54. The van der Waals surface area contributed by atoms with E-state index in [0.29, 0.717) is 5.89 Å². The number of carbonyl (C=O) groups excluding carboxylic acids is 1. The molecule has 0 aliphatic carbocycles. The molecule has 0 aliphatic rings. The second kappa shape index (κ2) is 4.99. The van der Waals surface area contributed by atoms with Crippen molar-refractivity contribution >= 4 is 5.91 Å². The van der Waals surface area contributed by atoms with Crippen LogP contribution in [0.3, 0.4) is 0 Å². The van der Waals surface area contributed by atoms with Crippen molar-refractivity contribution in [2.75, 3.05) is 6.54 Å². The molecule has 1 amide bonds. The van der Waals surface area contributed by atoms with Crippen molar-refractivity contribution in [1.82, 2.24) is 10.3 Å². The van der Waals surface area contributed by atoms with Crippen LogP contribution in [-0.4, -0.2) is 17.4 Å². The molecule has 0 saturated carbocycles. The molecule has 0 fully saturated rings. The van der Waals surface area contributed by atoms with E-state index in [9.17, 15) is 4.79 Å². The van der Waals surface area contributed by atoms with Gasteiger partial charge in [0.2, 0.25) is 5.89 Å². The zero-order valence-corrected chi connectivity index (χ0v) is 9.01.